The lowest BCUT2D eigenvalue weighted by atomic mass is 9.86. The Bertz CT molecular complexity index is 1220. The number of hydrogen-bond donors (Lipinski definition) is 0. The lowest BCUT2D eigenvalue weighted by Crippen LogP contribution is -2.44. The van der Waals surface area contributed by atoms with Crippen LogP contribution in [0.3, 0.4) is 0 Å². The van der Waals surface area contributed by atoms with Crippen LogP contribution in [0.15, 0.2) is 59.7 Å². The number of hydrazone groups is 1. The summed E-state index contributed by atoms with van der Waals surface area (Å²) >= 11 is 0. The fourth-order valence-electron chi connectivity index (χ4n) is 5.89. The molecule has 0 bridgehead atoms. The minimum Gasteiger partial charge on any atom is -0.331 e. The monoisotopic (exact) mass is 447 g/mol. The molecule has 170 valence electrons. The second-order valence-electron chi connectivity index (χ2n) is 10.2. The van der Waals surface area contributed by atoms with Gasteiger partial charge in [-0.15, -0.1) is 0 Å². The third-order valence-corrected chi connectivity index (χ3v) is 7.26. The number of benzene rings is 2. The molecule has 2 fully saturated rings. The molecule has 3 aliphatic rings. The molecular formula is C26H26FN3O3. The van der Waals surface area contributed by atoms with Crippen molar-refractivity contribution < 1.29 is 18.8 Å². The summed E-state index contributed by atoms with van der Waals surface area (Å²) in [6.07, 6.45) is 0. The molecule has 2 unspecified atom stereocenters. The first-order valence-electron chi connectivity index (χ1n) is 11.1. The van der Waals surface area contributed by atoms with Crippen molar-refractivity contribution in [3.8, 4) is 0 Å². The Morgan fingerprint density at radius 3 is 2.36 bits per heavy atom. The molecule has 1 saturated carbocycles. The van der Waals surface area contributed by atoms with Crippen molar-refractivity contribution in [2.45, 2.75) is 45.7 Å². The fraction of sp³-hybridized carbons (Fsp3) is 0.385. The number of halogens is 1. The van der Waals surface area contributed by atoms with Crippen LogP contribution >= 0.6 is 0 Å². The van der Waals surface area contributed by atoms with Gasteiger partial charge in [-0.1, -0.05) is 42.5 Å². The van der Waals surface area contributed by atoms with Crippen LogP contribution in [-0.2, 0) is 20.9 Å². The Hall–Kier alpha value is -3.35. The van der Waals surface area contributed by atoms with E-state index in [4.69, 9.17) is 0 Å². The Balaban J connectivity index is 1.63. The van der Waals surface area contributed by atoms with Gasteiger partial charge in [-0.25, -0.2) is 9.40 Å². The van der Waals surface area contributed by atoms with E-state index < -0.39 is 39.8 Å². The number of nitrogens with zero attached hydrogens (tertiary/aromatic N) is 3. The van der Waals surface area contributed by atoms with Crippen LogP contribution in [0.25, 0.3) is 0 Å². The van der Waals surface area contributed by atoms with Crippen molar-refractivity contribution in [2.24, 2.45) is 15.9 Å². The number of fused-ring (bicyclic) bond motifs is 1. The first-order valence-corrected chi connectivity index (χ1v) is 11.1. The molecule has 6 nitrogen and oxygen atoms in total. The summed E-state index contributed by atoms with van der Waals surface area (Å²) in [5, 5.41) is 5.98. The molecule has 2 amide bonds. The first-order chi connectivity index (χ1) is 15.5. The molecule has 1 aliphatic carbocycles. The van der Waals surface area contributed by atoms with Crippen LogP contribution in [0, 0.1) is 16.6 Å². The van der Waals surface area contributed by atoms with Gasteiger partial charge in [0.1, 0.15) is 11.2 Å². The second-order valence-corrected chi connectivity index (χ2v) is 10.2. The van der Waals surface area contributed by atoms with Crippen molar-refractivity contribution in [2.75, 3.05) is 6.54 Å². The van der Waals surface area contributed by atoms with E-state index in [0.29, 0.717) is 11.3 Å². The summed E-state index contributed by atoms with van der Waals surface area (Å²) in [7, 11) is 0. The summed E-state index contributed by atoms with van der Waals surface area (Å²) in [5.74, 6) is -2.60. The quantitative estimate of drug-likeness (QED) is 0.676. The summed E-state index contributed by atoms with van der Waals surface area (Å²) in [4.78, 5) is 42.3. The largest absolute Gasteiger partial charge is 0.331 e. The average molecular weight is 448 g/mol. The molecule has 2 aromatic rings. The molecule has 1 saturated heterocycles. The van der Waals surface area contributed by atoms with Gasteiger partial charge in [-0.2, -0.15) is 5.10 Å². The Morgan fingerprint density at radius 2 is 1.76 bits per heavy atom. The molecule has 2 heterocycles. The van der Waals surface area contributed by atoms with Crippen molar-refractivity contribution in [1.29, 1.82) is 0 Å². The summed E-state index contributed by atoms with van der Waals surface area (Å²) in [5.41, 5.74) is -1.25. The minimum atomic E-state index is -1.29. The number of Topliss-reactive ketones (excluding diaryl/α,β-unsaturated/α-hetero) is 1. The normalized spacial score (nSPS) is 28.9. The SMILES string of the molecule is CC1=NN(C(C)(C)C)C(=O)C12[C@@H](c1cccc(F)c1)C21CN(Cc2ccccc2)C(=O)C1=O. The Morgan fingerprint density at radius 1 is 1.06 bits per heavy atom. The van der Waals surface area contributed by atoms with E-state index in [-0.39, 0.29) is 19.0 Å². The third-order valence-electron chi connectivity index (χ3n) is 7.26. The van der Waals surface area contributed by atoms with Gasteiger partial charge in [0.25, 0.3) is 11.8 Å². The van der Waals surface area contributed by atoms with Crippen LogP contribution in [0.2, 0.25) is 0 Å². The molecule has 0 aromatic heterocycles. The van der Waals surface area contributed by atoms with Gasteiger partial charge in [-0.05, 0) is 51.0 Å². The molecular weight excluding hydrogens is 421 g/mol. The molecule has 0 radical (unpaired) electrons. The summed E-state index contributed by atoms with van der Waals surface area (Å²) in [6, 6.07) is 15.4. The van der Waals surface area contributed by atoms with Gasteiger partial charge in [-0.3, -0.25) is 14.4 Å². The number of carbonyl (C=O) groups excluding carboxylic acids is 3. The number of amides is 2. The van der Waals surface area contributed by atoms with Crippen LogP contribution in [0.1, 0.15) is 44.7 Å². The topological polar surface area (TPSA) is 70.1 Å². The van der Waals surface area contributed by atoms with Crippen LogP contribution < -0.4 is 0 Å². The van der Waals surface area contributed by atoms with E-state index in [2.05, 4.69) is 5.10 Å². The molecule has 2 spiro atoms. The first kappa shape index (κ1) is 21.5. The Kier molecular flexibility index (Phi) is 4.45. The maximum absolute atomic E-state index is 14.2. The van der Waals surface area contributed by atoms with Crippen molar-refractivity contribution >= 4 is 23.3 Å². The van der Waals surface area contributed by atoms with Gasteiger partial charge >= 0.3 is 0 Å². The zero-order valence-electron chi connectivity index (χ0n) is 19.1. The van der Waals surface area contributed by atoms with E-state index in [0.717, 1.165) is 5.56 Å². The highest BCUT2D eigenvalue weighted by molar-refractivity contribution is 6.45. The van der Waals surface area contributed by atoms with Gasteiger partial charge < -0.3 is 4.90 Å². The van der Waals surface area contributed by atoms with Crippen molar-refractivity contribution in [3.05, 3.63) is 71.5 Å². The van der Waals surface area contributed by atoms with Gasteiger partial charge in [0.15, 0.2) is 0 Å². The van der Waals surface area contributed by atoms with E-state index in [1.165, 1.54) is 22.0 Å². The average Bonchev–Trinajstić information content (AvgIpc) is 3.19. The van der Waals surface area contributed by atoms with Crippen molar-refractivity contribution in [3.63, 3.8) is 0 Å². The predicted molar refractivity (Wildman–Crippen MR) is 121 cm³/mol. The van der Waals surface area contributed by atoms with Crippen LogP contribution in [-0.4, -0.2) is 45.3 Å². The fourth-order valence-corrected chi connectivity index (χ4v) is 5.89. The third kappa shape index (κ3) is 2.71. The van der Waals surface area contributed by atoms with E-state index in [1.54, 1.807) is 19.1 Å². The zero-order valence-corrected chi connectivity index (χ0v) is 19.1. The number of likely N-dealkylation sites (tertiary alicyclic amines) is 1. The van der Waals surface area contributed by atoms with Gasteiger partial charge in [0, 0.05) is 19.0 Å². The minimum absolute atomic E-state index is 0.0946. The molecule has 2 aromatic carbocycles. The number of hydrogen-bond acceptors (Lipinski definition) is 4. The maximum Gasteiger partial charge on any atom is 0.291 e. The van der Waals surface area contributed by atoms with Crippen molar-refractivity contribution in [1.82, 2.24) is 9.91 Å². The molecule has 33 heavy (non-hydrogen) atoms. The van der Waals surface area contributed by atoms with Crippen LogP contribution in [0.4, 0.5) is 4.39 Å². The maximum atomic E-state index is 14.2. The molecule has 2 aliphatic heterocycles. The van der Waals surface area contributed by atoms with E-state index in [9.17, 15) is 18.8 Å². The summed E-state index contributed by atoms with van der Waals surface area (Å²) in [6.45, 7) is 7.72. The zero-order chi connectivity index (χ0) is 23.8. The molecule has 3 atom stereocenters. The highest BCUT2D eigenvalue weighted by atomic mass is 19.1. The lowest BCUT2D eigenvalue weighted by Gasteiger charge is -2.29. The Labute approximate surface area is 192 Å². The van der Waals surface area contributed by atoms with E-state index in [1.807, 2.05) is 51.1 Å². The summed E-state index contributed by atoms with van der Waals surface area (Å²) < 4.78 is 14.2. The smallest absolute Gasteiger partial charge is 0.291 e. The predicted octanol–water partition coefficient (Wildman–Crippen LogP) is 3.52. The second kappa shape index (κ2) is 6.83. The van der Waals surface area contributed by atoms with Crippen LogP contribution in [0.5, 0.6) is 0 Å². The number of carbonyl (C=O) groups is 3. The molecule has 5 rings (SSSR count). The highest BCUT2D eigenvalue weighted by Gasteiger charge is 2.90. The standard InChI is InChI=1S/C26H26FN3O3/c1-16-26(23(33)30(28-16)24(2,3)4)20(18-11-8-12-19(27)13-18)25(26)15-29(22(32)21(25)31)14-17-9-6-5-7-10-17/h5-13,20H,14-15H2,1-4H3/t20-,25?,26?/m0/s1. The number of rotatable bonds is 3. The molecule has 7 heteroatoms. The number of ketones is 1. The highest BCUT2D eigenvalue weighted by Crippen LogP contribution is 2.79. The van der Waals surface area contributed by atoms with E-state index >= 15 is 0 Å². The van der Waals surface area contributed by atoms with Gasteiger partial charge in [0.2, 0.25) is 5.78 Å². The molecule has 0 N–H and O–H groups in total. The lowest BCUT2D eigenvalue weighted by molar-refractivity contribution is -0.143. The van der Waals surface area contributed by atoms with Gasteiger partial charge in [0.05, 0.1) is 16.7 Å².